The first kappa shape index (κ1) is 13.7. The first-order valence-corrected chi connectivity index (χ1v) is 6.62. The second kappa shape index (κ2) is 5.91. The molecule has 2 rings (SSSR count). The third kappa shape index (κ3) is 3.16. The zero-order chi connectivity index (χ0) is 13.8. The molecule has 1 amide bonds. The van der Waals surface area contributed by atoms with Crippen LogP contribution in [0.1, 0.15) is 5.82 Å². The number of carbonyl (C=O) groups is 1. The molecule has 0 saturated heterocycles. The lowest BCUT2D eigenvalue weighted by molar-refractivity contribution is -0.121. The van der Waals surface area contributed by atoms with Gasteiger partial charge in [0.05, 0.1) is 18.5 Å². The standard InChI is InChI=1S/C11H16N6OS/c1-13-9(18)6-17(2)5-8-14-10(16-12)7-3-4-19-11(7)15-8/h3-4H,5-6,12H2,1-2H3,(H,13,18)(H,14,15,16). The van der Waals surface area contributed by atoms with Crippen molar-refractivity contribution in [2.45, 2.75) is 6.54 Å². The molecule has 0 fully saturated rings. The molecule has 0 aliphatic heterocycles. The SMILES string of the molecule is CNC(=O)CN(C)Cc1nc(NN)c2ccsc2n1. The normalized spacial score (nSPS) is 10.9. The Labute approximate surface area is 114 Å². The van der Waals surface area contributed by atoms with E-state index in [4.69, 9.17) is 5.84 Å². The van der Waals surface area contributed by atoms with Gasteiger partial charge in [-0.25, -0.2) is 15.8 Å². The fraction of sp³-hybridized carbons (Fsp3) is 0.364. The van der Waals surface area contributed by atoms with E-state index in [0.717, 1.165) is 10.2 Å². The summed E-state index contributed by atoms with van der Waals surface area (Å²) in [4.78, 5) is 22.8. The van der Waals surface area contributed by atoms with Crippen LogP contribution in [0.5, 0.6) is 0 Å². The van der Waals surface area contributed by atoms with Gasteiger partial charge in [0, 0.05) is 7.05 Å². The number of hydrogen-bond donors (Lipinski definition) is 3. The van der Waals surface area contributed by atoms with Crippen LogP contribution in [0.3, 0.4) is 0 Å². The lowest BCUT2D eigenvalue weighted by atomic mass is 10.3. The van der Waals surface area contributed by atoms with Crippen LogP contribution >= 0.6 is 11.3 Å². The number of amides is 1. The molecule has 19 heavy (non-hydrogen) atoms. The van der Waals surface area contributed by atoms with Crippen molar-refractivity contribution >= 4 is 33.3 Å². The number of nitrogens with zero attached hydrogens (tertiary/aromatic N) is 3. The molecule has 0 spiro atoms. The minimum atomic E-state index is -0.0446. The summed E-state index contributed by atoms with van der Waals surface area (Å²) in [6, 6.07) is 1.92. The van der Waals surface area contributed by atoms with Gasteiger partial charge in [0.1, 0.15) is 10.7 Å². The molecule has 0 bridgehead atoms. The van der Waals surface area contributed by atoms with E-state index in [2.05, 4.69) is 20.7 Å². The van der Waals surface area contributed by atoms with Crippen molar-refractivity contribution in [3.63, 3.8) is 0 Å². The fourth-order valence-electron chi connectivity index (χ4n) is 1.70. The van der Waals surface area contributed by atoms with Gasteiger partial charge in [-0.1, -0.05) is 0 Å². The maximum Gasteiger partial charge on any atom is 0.233 e. The molecule has 7 nitrogen and oxygen atoms in total. The minimum Gasteiger partial charge on any atom is -0.358 e. The monoisotopic (exact) mass is 280 g/mol. The van der Waals surface area contributed by atoms with Crippen LogP contribution in [0.4, 0.5) is 5.82 Å². The third-order valence-corrected chi connectivity index (χ3v) is 3.42. The Morgan fingerprint density at radius 2 is 2.32 bits per heavy atom. The molecule has 0 aromatic carbocycles. The number of rotatable bonds is 5. The van der Waals surface area contributed by atoms with Gasteiger partial charge in [0.15, 0.2) is 5.82 Å². The predicted molar refractivity (Wildman–Crippen MR) is 75.6 cm³/mol. The third-order valence-electron chi connectivity index (χ3n) is 2.61. The number of nitrogens with two attached hydrogens (primary N) is 1. The number of nitrogens with one attached hydrogen (secondary N) is 2. The van der Waals surface area contributed by atoms with E-state index in [1.165, 1.54) is 11.3 Å². The Morgan fingerprint density at radius 1 is 1.53 bits per heavy atom. The Balaban J connectivity index is 2.18. The van der Waals surface area contributed by atoms with E-state index < -0.39 is 0 Å². The van der Waals surface area contributed by atoms with Crippen molar-refractivity contribution in [3.8, 4) is 0 Å². The number of likely N-dealkylation sites (N-methyl/N-ethyl adjacent to an activating group) is 2. The second-order valence-corrected chi connectivity index (χ2v) is 5.01. The van der Waals surface area contributed by atoms with Crippen LogP contribution in [0.15, 0.2) is 11.4 Å². The number of carbonyl (C=O) groups excluding carboxylic acids is 1. The van der Waals surface area contributed by atoms with Crippen molar-refractivity contribution in [2.24, 2.45) is 5.84 Å². The molecule has 2 aromatic rings. The van der Waals surface area contributed by atoms with Crippen molar-refractivity contribution in [3.05, 3.63) is 17.3 Å². The maximum atomic E-state index is 11.3. The zero-order valence-electron chi connectivity index (χ0n) is 10.8. The molecule has 4 N–H and O–H groups in total. The topological polar surface area (TPSA) is 96.2 Å². The summed E-state index contributed by atoms with van der Waals surface area (Å²) in [5, 5.41) is 5.43. The molecular weight excluding hydrogens is 264 g/mol. The molecule has 0 aliphatic carbocycles. The summed E-state index contributed by atoms with van der Waals surface area (Å²) in [7, 11) is 3.45. The van der Waals surface area contributed by atoms with Gasteiger partial charge in [0.2, 0.25) is 5.91 Å². The molecule has 8 heteroatoms. The largest absolute Gasteiger partial charge is 0.358 e. The number of thiophene rings is 1. The van der Waals surface area contributed by atoms with Crippen molar-refractivity contribution in [1.82, 2.24) is 20.2 Å². The first-order valence-electron chi connectivity index (χ1n) is 5.74. The summed E-state index contributed by atoms with van der Waals surface area (Å²) < 4.78 is 0. The molecule has 0 radical (unpaired) electrons. The smallest absolute Gasteiger partial charge is 0.233 e. The summed E-state index contributed by atoms with van der Waals surface area (Å²) in [5.74, 6) is 6.66. The number of nitrogen functional groups attached to an aromatic ring is 1. The highest BCUT2D eigenvalue weighted by Crippen LogP contribution is 2.24. The Kier molecular flexibility index (Phi) is 4.25. The molecule has 102 valence electrons. The van der Waals surface area contributed by atoms with Gasteiger partial charge in [-0.3, -0.25) is 9.69 Å². The van der Waals surface area contributed by atoms with E-state index in [9.17, 15) is 4.79 Å². The van der Waals surface area contributed by atoms with Crippen LogP contribution < -0.4 is 16.6 Å². The predicted octanol–water partition coefficient (Wildman–Crippen LogP) is 0.155. The summed E-state index contributed by atoms with van der Waals surface area (Å²) in [6.07, 6.45) is 0. The zero-order valence-corrected chi connectivity index (χ0v) is 11.6. The van der Waals surface area contributed by atoms with Crippen molar-refractivity contribution < 1.29 is 4.79 Å². The summed E-state index contributed by atoms with van der Waals surface area (Å²) >= 11 is 1.53. The van der Waals surface area contributed by atoms with Crippen molar-refractivity contribution in [2.75, 3.05) is 26.1 Å². The van der Waals surface area contributed by atoms with Crippen molar-refractivity contribution in [1.29, 1.82) is 0 Å². The Bertz CT molecular complexity index is 584. The molecule has 2 aromatic heterocycles. The van der Waals surface area contributed by atoms with Gasteiger partial charge < -0.3 is 10.7 Å². The first-order chi connectivity index (χ1) is 9.13. The molecule has 0 unspecified atom stereocenters. The van der Waals surface area contributed by atoms with Gasteiger partial charge in [0.25, 0.3) is 0 Å². The Hall–Kier alpha value is -1.77. The van der Waals surface area contributed by atoms with Gasteiger partial charge in [-0.2, -0.15) is 0 Å². The quantitative estimate of drug-likeness (QED) is 0.533. The highest BCUT2D eigenvalue weighted by molar-refractivity contribution is 7.16. The molecule has 0 saturated carbocycles. The molecular formula is C11H16N6OS. The number of hydrazine groups is 1. The highest BCUT2D eigenvalue weighted by Gasteiger charge is 2.11. The van der Waals surface area contributed by atoms with Crippen LogP contribution in [-0.4, -0.2) is 41.4 Å². The average molecular weight is 280 g/mol. The van der Waals surface area contributed by atoms with Crippen LogP contribution in [0.2, 0.25) is 0 Å². The van der Waals surface area contributed by atoms with E-state index in [0.29, 0.717) is 24.7 Å². The lowest BCUT2D eigenvalue weighted by Gasteiger charge is -2.15. The summed E-state index contributed by atoms with van der Waals surface area (Å²) in [6.45, 7) is 0.781. The molecule has 0 atom stereocenters. The number of anilines is 1. The van der Waals surface area contributed by atoms with Crippen LogP contribution in [0, 0.1) is 0 Å². The van der Waals surface area contributed by atoms with E-state index >= 15 is 0 Å². The maximum absolute atomic E-state index is 11.3. The molecule has 2 heterocycles. The highest BCUT2D eigenvalue weighted by atomic mass is 32.1. The summed E-state index contributed by atoms with van der Waals surface area (Å²) in [5.41, 5.74) is 2.58. The van der Waals surface area contributed by atoms with Gasteiger partial charge >= 0.3 is 0 Å². The molecule has 0 aliphatic rings. The van der Waals surface area contributed by atoms with Crippen LogP contribution in [-0.2, 0) is 11.3 Å². The number of aromatic nitrogens is 2. The fourth-order valence-corrected chi connectivity index (χ4v) is 2.48. The van der Waals surface area contributed by atoms with Gasteiger partial charge in [-0.05, 0) is 18.5 Å². The minimum absolute atomic E-state index is 0.0446. The van der Waals surface area contributed by atoms with E-state index in [1.807, 2.05) is 23.4 Å². The second-order valence-electron chi connectivity index (χ2n) is 4.12. The van der Waals surface area contributed by atoms with Gasteiger partial charge in [-0.15, -0.1) is 11.3 Å². The van der Waals surface area contributed by atoms with Crippen LogP contribution in [0.25, 0.3) is 10.2 Å². The average Bonchev–Trinajstić information content (AvgIpc) is 2.85. The van der Waals surface area contributed by atoms with E-state index in [-0.39, 0.29) is 5.91 Å². The number of fused-ring (bicyclic) bond motifs is 1. The number of hydrogen-bond acceptors (Lipinski definition) is 7. The van der Waals surface area contributed by atoms with E-state index in [1.54, 1.807) is 7.05 Å². The lowest BCUT2D eigenvalue weighted by Crippen LogP contribution is -2.33. The Morgan fingerprint density at radius 3 is 3.00 bits per heavy atom.